The van der Waals surface area contributed by atoms with Gasteiger partial charge in [0.05, 0.1) is 17.0 Å². The summed E-state index contributed by atoms with van der Waals surface area (Å²) in [6.07, 6.45) is 2.11. The van der Waals surface area contributed by atoms with E-state index in [1.165, 1.54) is 23.9 Å². The van der Waals surface area contributed by atoms with Gasteiger partial charge < -0.3 is 0 Å². The van der Waals surface area contributed by atoms with Crippen LogP contribution in [0, 0.1) is 12.7 Å². The maximum absolute atomic E-state index is 14.0. The zero-order chi connectivity index (χ0) is 20.7. The van der Waals surface area contributed by atoms with Crippen molar-refractivity contribution in [3.05, 3.63) is 65.0 Å². The lowest BCUT2D eigenvalue weighted by Gasteiger charge is -2.40. The number of hydrogen-bond acceptors (Lipinski definition) is 3. The van der Waals surface area contributed by atoms with E-state index >= 15 is 0 Å². The second-order valence-electron chi connectivity index (χ2n) is 8.47. The van der Waals surface area contributed by atoms with Crippen LogP contribution >= 0.6 is 11.8 Å². The van der Waals surface area contributed by atoms with Crippen molar-refractivity contribution in [1.29, 1.82) is 0 Å². The predicted octanol–water partition coefficient (Wildman–Crippen LogP) is 4.61. The normalized spacial score (nSPS) is 24.4. The van der Waals surface area contributed by atoms with Gasteiger partial charge in [-0.3, -0.25) is 19.4 Å². The highest BCUT2D eigenvalue weighted by Crippen LogP contribution is 2.60. The summed E-state index contributed by atoms with van der Waals surface area (Å²) in [7, 11) is 0. The third-order valence-corrected chi connectivity index (χ3v) is 7.35. The largest absolute Gasteiger partial charge is 0.299 e. The zero-order valence-corrected chi connectivity index (χ0v) is 17.6. The first-order valence-electron chi connectivity index (χ1n) is 9.59. The van der Waals surface area contributed by atoms with E-state index < -0.39 is 10.4 Å². The fourth-order valence-electron chi connectivity index (χ4n) is 4.91. The molecule has 6 heteroatoms. The summed E-state index contributed by atoms with van der Waals surface area (Å²) in [4.78, 5) is 29.3. The lowest BCUT2D eigenvalue weighted by molar-refractivity contribution is -0.124. The van der Waals surface area contributed by atoms with Crippen LogP contribution in [0.4, 0.5) is 15.8 Å². The van der Waals surface area contributed by atoms with Crippen LogP contribution in [0.3, 0.4) is 0 Å². The molecule has 1 atom stereocenters. The molecule has 5 rings (SSSR count). The van der Waals surface area contributed by atoms with Crippen LogP contribution in [-0.4, -0.2) is 23.1 Å². The molecular formula is C23H21FN2O2S. The predicted molar refractivity (Wildman–Crippen MR) is 114 cm³/mol. The van der Waals surface area contributed by atoms with Crippen molar-refractivity contribution in [1.82, 2.24) is 0 Å². The molecule has 0 saturated carbocycles. The number of benzene rings is 2. The number of carbonyl (C=O) groups is 2. The summed E-state index contributed by atoms with van der Waals surface area (Å²) in [5.41, 5.74) is 4.95. The van der Waals surface area contributed by atoms with Gasteiger partial charge in [0, 0.05) is 16.8 Å². The minimum Gasteiger partial charge on any atom is -0.299 e. The molecule has 2 aromatic carbocycles. The molecular weight excluding hydrogens is 387 g/mol. The highest BCUT2D eigenvalue weighted by Gasteiger charge is 2.64. The molecule has 3 heterocycles. The van der Waals surface area contributed by atoms with E-state index in [0.717, 1.165) is 28.0 Å². The molecule has 1 fully saturated rings. The molecule has 3 aliphatic rings. The molecule has 1 spiro atoms. The number of fused-ring (bicyclic) bond motifs is 1. The van der Waals surface area contributed by atoms with Gasteiger partial charge in [-0.15, -0.1) is 11.8 Å². The van der Waals surface area contributed by atoms with Crippen molar-refractivity contribution in [3.8, 4) is 0 Å². The van der Waals surface area contributed by atoms with Gasteiger partial charge in [-0.05, 0) is 69.2 Å². The molecule has 0 radical (unpaired) electrons. The van der Waals surface area contributed by atoms with Crippen LogP contribution < -0.4 is 9.80 Å². The van der Waals surface area contributed by atoms with Gasteiger partial charge in [0.1, 0.15) is 5.82 Å². The summed E-state index contributed by atoms with van der Waals surface area (Å²) in [6.45, 7) is 8.11. The van der Waals surface area contributed by atoms with E-state index in [4.69, 9.17) is 0 Å². The van der Waals surface area contributed by atoms with Gasteiger partial charge >= 0.3 is 0 Å². The summed E-state index contributed by atoms with van der Waals surface area (Å²) in [5, 5.41) is 0. The van der Waals surface area contributed by atoms with Crippen LogP contribution in [0.25, 0.3) is 5.57 Å². The minimum atomic E-state index is -1.17. The van der Waals surface area contributed by atoms with Crippen molar-refractivity contribution < 1.29 is 14.0 Å². The molecule has 148 valence electrons. The first-order valence-corrected chi connectivity index (χ1v) is 10.6. The monoisotopic (exact) mass is 408 g/mol. The Bertz CT molecular complexity index is 1120. The first kappa shape index (κ1) is 18.4. The van der Waals surface area contributed by atoms with Gasteiger partial charge in [-0.25, -0.2) is 4.39 Å². The van der Waals surface area contributed by atoms with Crippen LogP contribution in [0.2, 0.25) is 0 Å². The lowest BCUT2D eigenvalue weighted by atomic mass is 9.88. The minimum absolute atomic E-state index is 0.117. The van der Waals surface area contributed by atoms with Crippen molar-refractivity contribution in [3.63, 3.8) is 0 Å². The number of rotatable bonds is 1. The summed E-state index contributed by atoms with van der Waals surface area (Å²) in [6, 6.07) is 9.92. The highest BCUT2D eigenvalue weighted by molar-refractivity contribution is 8.02. The second-order valence-corrected chi connectivity index (χ2v) is 9.64. The number of hydrogen-bond donors (Lipinski definition) is 0. The average molecular weight is 408 g/mol. The SMILES string of the molecule is CC1=CC(C)(C)N2C(=O)[C@]3(SCC(=O)N3c3ccc(F)cc3)c3cc(C)cc1c32. The molecule has 3 aliphatic heterocycles. The molecule has 2 aromatic rings. The Kier molecular flexibility index (Phi) is 3.64. The maximum atomic E-state index is 14.0. The number of halogens is 1. The van der Waals surface area contributed by atoms with E-state index in [-0.39, 0.29) is 23.4 Å². The van der Waals surface area contributed by atoms with Crippen molar-refractivity contribution in [2.75, 3.05) is 15.6 Å². The van der Waals surface area contributed by atoms with Gasteiger partial charge in [0.25, 0.3) is 5.91 Å². The fraction of sp³-hybridized carbons (Fsp3) is 0.304. The quantitative estimate of drug-likeness (QED) is 0.692. The number of amides is 2. The standard InChI is InChI=1S/C23H21FN2O2S/c1-13-9-17-14(2)11-22(3,4)26-20(17)18(10-13)23(21(26)28)25(19(27)12-29-23)16-7-5-15(24)6-8-16/h5-11H,12H2,1-4H3/t23-/m1/s1. The Morgan fingerprint density at radius 2 is 1.72 bits per heavy atom. The zero-order valence-electron chi connectivity index (χ0n) is 16.7. The molecule has 4 nitrogen and oxygen atoms in total. The summed E-state index contributed by atoms with van der Waals surface area (Å²) < 4.78 is 13.5. The van der Waals surface area contributed by atoms with E-state index in [2.05, 4.69) is 19.1 Å². The van der Waals surface area contributed by atoms with Crippen LogP contribution in [0.1, 0.15) is 37.5 Å². The third kappa shape index (κ3) is 2.26. The average Bonchev–Trinajstić information content (AvgIpc) is 3.11. The number of nitrogens with zero attached hydrogens (tertiary/aromatic N) is 2. The van der Waals surface area contributed by atoms with Crippen molar-refractivity contribution in [2.45, 2.75) is 38.1 Å². The molecule has 2 amide bonds. The topological polar surface area (TPSA) is 40.6 Å². The number of anilines is 2. The Morgan fingerprint density at radius 1 is 1.03 bits per heavy atom. The van der Waals surface area contributed by atoms with Crippen LogP contribution in [0.15, 0.2) is 42.5 Å². The van der Waals surface area contributed by atoms with E-state index in [1.54, 1.807) is 17.0 Å². The van der Waals surface area contributed by atoms with Crippen molar-refractivity contribution >= 4 is 40.5 Å². The number of thioether (sulfide) groups is 1. The van der Waals surface area contributed by atoms with Crippen LogP contribution in [-0.2, 0) is 14.5 Å². The fourth-order valence-corrected chi connectivity index (χ4v) is 6.24. The van der Waals surface area contributed by atoms with Crippen LogP contribution in [0.5, 0.6) is 0 Å². The smallest absolute Gasteiger partial charge is 0.269 e. The molecule has 0 N–H and O–H groups in total. The molecule has 0 aliphatic carbocycles. The van der Waals surface area contributed by atoms with Gasteiger partial charge in [0.15, 0.2) is 0 Å². The Balaban J connectivity index is 1.82. The molecule has 29 heavy (non-hydrogen) atoms. The molecule has 0 aromatic heterocycles. The number of aryl methyl sites for hydroxylation is 1. The van der Waals surface area contributed by atoms with Crippen molar-refractivity contribution in [2.24, 2.45) is 0 Å². The maximum Gasteiger partial charge on any atom is 0.269 e. The van der Waals surface area contributed by atoms with E-state index in [9.17, 15) is 14.0 Å². The molecule has 1 saturated heterocycles. The lowest BCUT2D eigenvalue weighted by Crippen LogP contribution is -2.54. The third-order valence-electron chi connectivity index (χ3n) is 5.96. The van der Waals surface area contributed by atoms with Gasteiger partial charge in [0.2, 0.25) is 10.8 Å². The Labute approximate surface area is 173 Å². The highest BCUT2D eigenvalue weighted by atomic mass is 32.2. The van der Waals surface area contributed by atoms with Gasteiger partial charge in [-0.1, -0.05) is 12.1 Å². The van der Waals surface area contributed by atoms with E-state index in [0.29, 0.717) is 5.69 Å². The summed E-state index contributed by atoms with van der Waals surface area (Å²) >= 11 is 1.35. The number of allylic oxidation sites excluding steroid dienone is 1. The molecule has 0 unspecified atom stereocenters. The Hall–Kier alpha value is -2.60. The number of carbonyl (C=O) groups excluding carboxylic acids is 2. The Morgan fingerprint density at radius 3 is 2.41 bits per heavy atom. The first-order chi connectivity index (χ1) is 13.7. The van der Waals surface area contributed by atoms with Gasteiger partial charge in [-0.2, -0.15) is 0 Å². The molecule has 0 bridgehead atoms. The van der Waals surface area contributed by atoms with E-state index in [1.807, 2.05) is 31.7 Å². The summed E-state index contributed by atoms with van der Waals surface area (Å²) in [5.74, 6) is -0.438. The second kappa shape index (κ2) is 5.72.